The molecule has 3 aromatic rings. The molecule has 7 nitrogen and oxygen atoms in total. The molecule has 0 unspecified atom stereocenters. The topological polar surface area (TPSA) is 89.0 Å². The molecule has 0 saturated heterocycles. The Morgan fingerprint density at radius 3 is 2.52 bits per heavy atom. The van der Waals surface area contributed by atoms with Gasteiger partial charge in [-0.3, -0.25) is 4.79 Å². The molecule has 0 aliphatic heterocycles. The fourth-order valence-electron chi connectivity index (χ4n) is 2.22. The summed E-state index contributed by atoms with van der Waals surface area (Å²) in [5, 5.41) is 14.1. The number of nitrogens with one attached hydrogen (secondary N) is 2. The van der Waals surface area contributed by atoms with Crippen molar-refractivity contribution < 1.29 is 9.53 Å². The molecule has 0 radical (unpaired) electrons. The summed E-state index contributed by atoms with van der Waals surface area (Å²) in [6.07, 6.45) is 1.52. The summed E-state index contributed by atoms with van der Waals surface area (Å²) in [5.41, 5.74) is 2.20. The second-order valence-corrected chi connectivity index (χ2v) is 5.25. The van der Waals surface area contributed by atoms with Gasteiger partial charge in [0, 0.05) is 11.3 Å². The zero-order chi connectivity index (χ0) is 17.6. The highest BCUT2D eigenvalue weighted by Crippen LogP contribution is 2.25. The molecule has 126 valence electrons. The number of Topliss-reactive ketones (excluding diaryl/α,β-unsaturated/α-hetero) is 1. The molecule has 2 aromatic carbocycles. The minimum absolute atomic E-state index is 0.0264. The van der Waals surface area contributed by atoms with Gasteiger partial charge in [0.1, 0.15) is 5.75 Å². The second kappa shape index (κ2) is 7.39. The molecule has 0 saturated carbocycles. The normalized spacial score (nSPS) is 10.2. The molecule has 25 heavy (non-hydrogen) atoms. The number of ketones is 1. The highest BCUT2D eigenvalue weighted by molar-refractivity contribution is 5.94. The van der Waals surface area contributed by atoms with Gasteiger partial charge in [-0.05, 0) is 43.3 Å². The maximum absolute atomic E-state index is 11.3. The number of benzene rings is 2. The van der Waals surface area contributed by atoms with E-state index in [1.807, 2.05) is 36.4 Å². The standard InChI is InChI=1S/C18H17N5O2/c1-12(24)13-7-9-14(10-8-13)20-17-11-19-23-18(22-17)21-15-5-3-4-6-16(15)25-2/h3-11H,1-2H3,(H2,20,21,22,23). The van der Waals surface area contributed by atoms with Crippen LogP contribution in [0.2, 0.25) is 0 Å². The fraction of sp³-hybridized carbons (Fsp3) is 0.111. The second-order valence-electron chi connectivity index (χ2n) is 5.25. The molecule has 0 aliphatic carbocycles. The van der Waals surface area contributed by atoms with Crippen LogP contribution in [0.15, 0.2) is 54.7 Å². The van der Waals surface area contributed by atoms with Gasteiger partial charge in [0.05, 0.1) is 19.0 Å². The molecule has 2 N–H and O–H groups in total. The van der Waals surface area contributed by atoms with Crippen LogP contribution in [0.5, 0.6) is 5.75 Å². The first kappa shape index (κ1) is 16.4. The number of anilines is 4. The number of para-hydroxylation sites is 2. The zero-order valence-electron chi connectivity index (χ0n) is 13.9. The van der Waals surface area contributed by atoms with Crippen molar-refractivity contribution in [2.75, 3.05) is 17.7 Å². The molecule has 0 bridgehead atoms. The Morgan fingerprint density at radius 1 is 1.04 bits per heavy atom. The summed E-state index contributed by atoms with van der Waals surface area (Å²) in [5.74, 6) is 1.58. The Kier molecular flexibility index (Phi) is 4.84. The smallest absolute Gasteiger partial charge is 0.249 e. The molecule has 3 rings (SSSR count). The predicted octanol–water partition coefficient (Wildman–Crippen LogP) is 3.57. The van der Waals surface area contributed by atoms with Gasteiger partial charge >= 0.3 is 0 Å². The summed E-state index contributed by atoms with van der Waals surface area (Å²) < 4.78 is 5.29. The van der Waals surface area contributed by atoms with Crippen molar-refractivity contribution in [1.82, 2.24) is 15.2 Å². The lowest BCUT2D eigenvalue weighted by molar-refractivity contribution is 0.101. The molecular weight excluding hydrogens is 318 g/mol. The monoisotopic (exact) mass is 335 g/mol. The van der Waals surface area contributed by atoms with Gasteiger partial charge in [-0.1, -0.05) is 12.1 Å². The average Bonchev–Trinajstić information content (AvgIpc) is 2.63. The van der Waals surface area contributed by atoms with Gasteiger partial charge in [-0.25, -0.2) is 0 Å². The van der Waals surface area contributed by atoms with Gasteiger partial charge < -0.3 is 15.4 Å². The Bertz CT molecular complexity index is 881. The molecule has 0 spiro atoms. The van der Waals surface area contributed by atoms with E-state index in [-0.39, 0.29) is 5.78 Å². The number of carbonyl (C=O) groups is 1. The molecule has 1 heterocycles. The lowest BCUT2D eigenvalue weighted by Crippen LogP contribution is -2.03. The Morgan fingerprint density at radius 2 is 1.80 bits per heavy atom. The number of aromatic nitrogens is 3. The van der Waals surface area contributed by atoms with Gasteiger partial charge in [0.15, 0.2) is 11.6 Å². The maximum Gasteiger partial charge on any atom is 0.249 e. The van der Waals surface area contributed by atoms with Gasteiger partial charge in [-0.15, -0.1) is 5.10 Å². The first-order valence-electron chi connectivity index (χ1n) is 7.63. The summed E-state index contributed by atoms with van der Waals surface area (Å²) in [7, 11) is 1.60. The van der Waals surface area contributed by atoms with Crippen molar-refractivity contribution in [3.8, 4) is 5.75 Å². The van der Waals surface area contributed by atoms with E-state index in [4.69, 9.17) is 4.74 Å². The zero-order valence-corrected chi connectivity index (χ0v) is 13.9. The first-order chi connectivity index (χ1) is 12.2. The van der Waals surface area contributed by atoms with E-state index in [9.17, 15) is 4.79 Å². The number of rotatable bonds is 6. The fourth-order valence-corrected chi connectivity index (χ4v) is 2.22. The molecule has 7 heteroatoms. The van der Waals surface area contributed by atoms with Crippen LogP contribution in [-0.4, -0.2) is 28.1 Å². The van der Waals surface area contributed by atoms with Crippen LogP contribution in [0.4, 0.5) is 23.1 Å². The predicted molar refractivity (Wildman–Crippen MR) is 95.8 cm³/mol. The number of hydrogen-bond donors (Lipinski definition) is 2. The molecule has 0 atom stereocenters. The van der Waals surface area contributed by atoms with Crippen LogP contribution in [0.1, 0.15) is 17.3 Å². The Labute approximate surface area is 145 Å². The first-order valence-corrected chi connectivity index (χ1v) is 7.63. The minimum atomic E-state index is 0.0264. The maximum atomic E-state index is 11.3. The van der Waals surface area contributed by atoms with Crippen molar-refractivity contribution >= 4 is 28.9 Å². The molecule has 0 fully saturated rings. The number of nitrogens with zero attached hydrogens (tertiary/aromatic N) is 3. The van der Waals surface area contributed by atoms with Crippen LogP contribution in [-0.2, 0) is 0 Å². The van der Waals surface area contributed by atoms with Crippen LogP contribution in [0.3, 0.4) is 0 Å². The van der Waals surface area contributed by atoms with Crippen molar-refractivity contribution in [2.45, 2.75) is 6.92 Å². The highest BCUT2D eigenvalue weighted by atomic mass is 16.5. The van der Waals surface area contributed by atoms with E-state index in [0.29, 0.717) is 23.1 Å². The quantitative estimate of drug-likeness (QED) is 0.666. The van der Waals surface area contributed by atoms with Crippen molar-refractivity contribution in [2.24, 2.45) is 0 Å². The lowest BCUT2D eigenvalue weighted by Gasteiger charge is -2.10. The SMILES string of the molecule is COc1ccccc1Nc1nncc(Nc2ccc(C(C)=O)cc2)n1. The van der Waals surface area contributed by atoms with Crippen LogP contribution in [0, 0.1) is 0 Å². The van der Waals surface area contributed by atoms with Crippen molar-refractivity contribution in [3.05, 3.63) is 60.3 Å². The Hall–Kier alpha value is -3.48. The van der Waals surface area contributed by atoms with E-state index in [1.54, 1.807) is 19.2 Å². The van der Waals surface area contributed by atoms with Crippen molar-refractivity contribution in [3.63, 3.8) is 0 Å². The van der Waals surface area contributed by atoms with Crippen LogP contribution < -0.4 is 15.4 Å². The van der Waals surface area contributed by atoms with E-state index in [2.05, 4.69) is 25.8 Å². The van der Waals surface area contributed by atoms with Crippen molar-refractivity contribution in [1.29, 1.82) is 0 Å². The summed E-state index contributed by atoms with van der Waals surface area (Å²) in [4.78, 5) is 15.7. The van der Waals surface area contributed by atoms with E-state index in [0.717, 1.165) is 11.4 Å². The third-order valence-corrected chi connectivity index (χ3v) is 3.48. The van der Waals surface area contributed by atoms with E-state index < -0.39 is 0 Å². The molecule has 0 aliphatic rings. The van der Waals surface area contributed by atoms with Gasteiger partial charge in [0.25, 0.3) is 0 Å². The van der Waals surface area contributed by atoms with E-state index >= 15 is 0 Å². The highest BCUT2D eigenvalue weighted by Gasteiger charge is 2.06. The third kappa shape index (κ3) is 4.08. The summed E-state index contributed by atoms with van der Waals surface area (Å²) in [6.45, 7) is 1.53. The molecular formula is C18H17N5O2. The van der Waals surface area contributed by atoms with Crippen LogP contribution in [0.25, 0.3) is 0 Å². The molecule has 0 amide bonds. The number of hydrogen-bond acceptors (Lipinski definition) is 7. The lowest BCUT2D eigenvalue weighted by atomic mass is 10.1. The largest absolute Gasteiger partial charge is 0.495 e. The number of carbonyl (C=O) groups excluding carboxylic acids is 1. The summed E-state index contributed by atoms with van der Waals surface area (Å²) >= 11 is 0. The third-order valence-electron chi connectivity index (χ3n) is 3.48. The number of methoxy groups -OCH3 is 1. The van der Waals surface area contributed by atoms with E-state index in [1.165, 1.54) is 13.1 Å². The minimum Gasteiger partial charge on any atom is -0.495 e. The molecule has 1 aromatic heterocycles. The van der Waals surface area contributed by atoms with Gasteiger partial charge in [0.2, 0.25) is 5.95 Å². The Balaban J connectivity index is 1.76. The van der Waals surface area contributed by atoms with Gasteiger partial charge in [-0.2, -0.15) is 10.1 Å². The average molecular weight is 335 g/mol. The summed E-state index contributed by atoms with van der Waals surface area (Å²) in [6, 6.07) is 14.6. The number of ether oxygens (including phenoxy) is 1. The van der Waals surface area contributed by atoms with Crippen LogP contribution >= 0.6 is 0 Å².